The van der Waals surface area contributed by atoms with Crippen LogP contribution in [-0.2, 0) is 9.59 Å². The molecule has 2 aromatic rings. The van der Waals surface area contributed by atoms with Gasteiger partial charge in [-0.25, -0.2) is 0 Å². The number of carbonyl (C=O) groups excluding carboxylic acids is 1. The number of hydrogen-bond acceptors (Lipinski definition) is 2. The van der Waals surface area contributed by atoms with Crippen molar-refractivity contribution in [3.05, 3.63) is 36.0 Å². The molecular weight excluding hydrogens is 292 g/mol. The van der Waals surface area contributed by atoms with Crippen molar-refractivity contribution >= 4 is 22.8 Å². The maximum Gasteiger partial charge on any atom is 0.307 e. The zero-order valence-electron chi connectivity index (χ0n) is 12.9. The van der Waals surface area contributed by atoms with E-state index in [1.165, 1.54) is 0 Å². The number of nitrogens with zero attached hydrogens (tertiary/aromatic N) is 1. The molecule has 0 radical (unpaired) electrons. The first-order valence-electron chi connectivity index (χ1n) is 8.26. The van der Waals surface area contributed by atoms with Gasteiger partial charge in [0.1, 0.15) is 0 Å². The maximum absolute atomic E-state index is 12.7. The molecule has 23 heavy (non-hydrogen) atoms. The van der Waals surface area contributed by atoms with E-state index in [2.05, 4.69) is 17.1 Å². The molecule has 2 N–H and O–H groups in total. The molecule has 1 aliphatic heterocycles. The lowest BCUT2D eigenvalue weighted by Crippen LogP contribution is -2.40. The normalized spacial score (nSPS) is 27.1. The van der Waals surface area contributed by atoms with Gasteiger partial charge < -0.3 is 15.0 Å². The summed E-state index contributed by atoms with van der Waals surface area (Å²) >= 11 is 0. The van der Waals surface area contributed by atoms with Crippen LogP contribution in [0.2, 0.25) is 0 Å². The largest absolute Gasteiger partial charge is 0.481 e. The van der Waals surface area contributed by atoms with Crippen LogP contribution in [0.5, 0.6) is 0 Å². The minimum absolute atomic E-state index is 0.0146. The van der Waals surface area contributed by atoms with Crippen LogP contribution in [0, 0.1) is 11.8 Å². The number of benzene rings is 1. The maximum atomic E-state index is 12.7. The monoisotopic (exact) mass is 312 g/mol. The van der Waals surface area contributed by atoms with Crippen molar-refractivity contribution < 1.29 is 14.7 Å². The summed E-state index contributed by atoms with van der Waals surface area (Å²) in [6.07, 6.45) is 3.51. The van der Waals surface area contributed by atoms with Gasteiger partial charge in [0.2, 0.25) is 5.91 Å². The summed E-state index contributed by atoms with van der Waals surface area (Å²) in [5.41, 5.74) is 2.14. The van der Waals surface area contributed by atoms with Gasteiger partial charge in [-0.05, 0) is 43.2 Å². The Morgan fingerprint density at radius 3 is 2.74 bits per heavy atom. The lowest BCUT2D eigenvalue weighted by atomic mass is 9.98. The molecule has 1 aromatic heterocycles. The van der Waals surface area contributed by atoms with E-state index in [1.54, 1.807) is 0 Å². The molecular formula is C18H20N2O3. The first kappa shape index (κ1) is 14.3. The molecule has 1 saturated heterocycles. The molecule has 4 rings (SSSR count). The third-order valence-electron chi connectivity index (χ3n) is 5.12. The number of likely N-dealkylation sites (tertiary alicyclic amines) is 1. The molecule has 120 valence electrons. The van der Waals surface area contributed by atoms with Crippen molar-refractivity contribution in [3.63, 3.8) is 0 Å². The molecule has 3 atom stereocenters. The minimum Gasteiger partial charge on any atom is -0.481 e. The number of carboxylic acids is 1. The van der Waals surface area contributed by atoms with Crippen molar-refractivity contribution in [1.29, 1.82) is 0 Å². The molecule has 2 aliphatic rings. The SMILES string of the molecule is O=C(O)C1CC1C(=O)N1CCCCC1c1cc2ccccc2[nH]1. The van der Waals surface area contributed by atoms with Gasteiger partial charge in [-0.2, -0.15) is 0 Å². The number of fused-ring (bicyclic) bond motifs is 1. The van der Waals surface area contributed by atoms with E-state index in [9.17, 15) is 9.59 Å². The number of nitrogens with one attached hydrogen (secondary N) is 1. The summed E-state index contributed by atoms with van der Waals surface area (Å²) < 4.78 is 0. The average Bonchev–Trinajstić information content (AvgIpc) is 3.26. The average molecular weight is 312 g/mol. The number of aliphatic carboxylic acids is 1. The highest BCUT2D eigenvalue weighted by molar-refractivity contribution is 5.90. The number of piperidine rings is 1. The first-order valence-corrected chi connectivity index (χ1v) is 8.26. The summed E-state index contributed by atoms with van der Waals surface area (Å²) in [7, 11) is 0. The summed E-state index contributed by atoms with van der Waals surface area (Å²) in [5.74, 6) is -1.63. The number of para-hydroxylation sites is 1. The zero-order valence-corrected chi connectivity index (χ0v) is 12.9. The number of H-pyrrole nitrogens is 1. The van der Waals surface area contributed by atoms with E-state index < -0.39 is 11.9 Å². The number of amides is 1. The molecule has 1 saturated carbocycles. The second-order valence-electron chi connectivity index (χ2n) is 6.64. The predicted molar refractivity (Wildman–Crippen MR) is 85.8 cm³/mol. The Kier molecular flexibility index (Phi) is 3.36. The van der Waals surface area contributed by atoms with Crippen LogP contribution in [-0.4, -0.2) is 33.4 Å². The molecule has 0 spiro atoms. The number of carboxylic acid groups (broad SMARTS) is 1. The van der Waals surface area contributed by atoms with Crippen molar-refractivity contribution in [3.8, 4) is 0 Å². The molecule has 1 amide bonds. The van der Waals surface area contributed by atoms with E-state index in [-0.39, 0.29) is 17.9 Å². The number of carbonyl (C=O) groups is 2. The highest BCUT2D eigenvalue weighted by Crippen LogP contribution is 2.43. The van der Waals surface area contributed by atoms with Gasteiger partial charge in [-0.1, -0.05) is 18.2 Å². The molecule has 2 heterocycles. The molecule has 1 aromatic carbocycles. The van der Waals surface area contributed by atoms with Gasteiger partial charge in [-0.15, -0.1) is 0 Å². The zero-order chi connectivity index (χ0) is 16.0. The fraction of sp³-hybridized carbons (Fsp3) is 0.444. The lowest BCUT2D eigenvalue weighted by molar-refractivity contribution is -0.143. The quantitative estimate of drug-likeness (QED) is 0.915. The second kappa shape index (κ2) is 5.41. The Morgan fingerprint density at radius 2 is 2.00 bits per heavy atom. The fourth-order valence-electron chi connectivity index (χ4n) is 3.75. The second-order valence-corrected chi connectivity index (χ2v) is 6.64. The summed E-state index contributed by atoms with van der Waals surface area (Å²) in [5, 5.41) is 10.2. The van der Waals surface area contributed by atoms with Gasteiger partial charge in [0.15, 0.2) is 0 Å². The number of rotatable bonds is 3. The van der Waals surface area contributed by atoms with Gasteiger partial charge in [0.25, 0.3) is 0 Å². The summed E-state index contributed by atoms with van der Waals surface area (Å²) in [4.78, 5) is 29.1. The Bertz CT molecular complexity index is 733. The topological polar surface area (TPSA) is 73.4 Å². The van der Waals surface area contributed by atoms with Crippen molar-refractivity contribution in [2.45, 2.75) is 31.7 Å². The summed E-state index contributed by atoms with van der Waals surface area (Å²) in [6, 6.07) is 10.3. The van der Waals surface area contributed by atoms with E-state index in [4.69, 9.17) is 5.11 Å². The van der Waals surface area contributed by atoms with Crippen molar-refractivity contribution in [1.82, 2.24) is 9.88 Å². The van der Waals surface area contributed by atoms with Crippen LogP contribution >= 0.6 is 0 Å². The Labute approximate surface area is 134 Å². The van der Waals surface area contributed by atoms with Crippen LogP contribution in [0.3, 0.4) is 0 Å². The number of hydrogen-bond donors (Lipinski definition) is 2. The highest BCUT2D eigenvalue weighted by atomic mass is 16.4. The van der Waals surface area contributed by atoms with Crippen LogP contribution < -0.4 is 0 Å². The number of aromatic nitrogens is 1. The van der Waals surface area contributed by atoms with Crippen LogP contribution in [0.25, 0.3) is 10.9 Å². The standard InChI is InChI=1S/C18H20N2O3/c21-17(12-10-13(12)18(22)23)20-8-4-3-7-16(20)15-9-11-5-1-2-6-14(11)19-15/h1-2,5-6,9,12-13,16,19H,3-4,7-8,10H2,(H,22,23). The molecule has 0 bridgehead atoms. The van der Waals surface area contributed by atoms with Gasteiger partial charge in [0, 0.05) is 17.8 Å². The van der Waals surface area contributed by atoms with Gasteiger partial charge >= 0.3 is 5.97 Å². The molecule has 5 nitrogen and oxygen atoms in total. The predicted octanol–water partition coefficient (Wildman–Crippen LogP) is 2.94. The number of aromatic amines is 1. The minimum atomic E-state index is -0.845. The highest BCUT2D eigenvalue weighted by Gasteiger charge is 2.51. The van der Waals surface area contributed by atoms with Crippen LogP contribution in [0.4, 0.5) is 0 Å². The smallest absolute Gasteiger partial charge is 0.307 e. The summed E-state index contributed by atoms with van der Waals surface area (Å²) in [6.45, 7) is 0.724. The van der Waals surface area contributed by atoms with Crippen molar-refractivity contribution in [2.75, 3.05) is 6.54 Å². The van der Waals surface area contributed by atoms with Gasteiger partial charge in [0.05, 0.1) is 17.9 Å². The van der Waals surface area contributed by atoms with E-state index in [0.717, 1.165) is 42.4 Å². The Morgan fingerprint density at radius 1 is 1.17 bits per heavy atom. The third kappa shape index (κ3) is 2.50. The van der Waals surface area contributed by atoms with Crippen molar-refractivity contribution in [2.24, 2.45) is 11.8 Å². The fourth-order valence-corrected chi connectivity index (χ4v) is 3.75. The van der Waals surface area contributed by atoms with Gasteiger partial charge in [-0.3, -0.25) is 9.59 Å². The molecule has 5 heteroatoms. The molecule has 2 fully saturated rings. The Hall–Kier alpha value is -2.30. The Balaban J connectivity index is 1.60. The van der Waals surface area contributed by atoms with Crippen LogP contribution in [0.15, 0.2) is 30.3 Å². The van der Waals surface area contributed by atoms with Crippen LogP contribution in [0.1, 0.15) is 37.4 Å². The van der Waals surface area contributed by atoms with E-state index >= 15 is 0 Å². The first-order chi connectivity index (χ1) is 11.1. The van der Waals surface area contributed by atoms with E-state index in [0.29, 0.717) is 6.42 Å². The molecule has 1 aliphatic carbocycles. The van der Waals surface area contributed by atoms with E-state index in [1.807, 2.05) is 23.1 Å². The third-order valence-corrected chi connectivity index (χ3v) is 5.12. The molecule has 3 unspecified atom stereocenters. The lowest BCUT2D eigenvalue weighted by Gasteiger charge is -2.35.